The van der Waals surface area contributed by atoms with Crippen molar-refractivity contribution in [3.05, 3.63) is 46.3 Å². The van der Waals surface area contributed by atoms with Gasteiger partial charge < -0.3 is 10.2 Å². The van der Waals surface area contributed by atoms with Crippen molar-refractivity contribution in [2.75, 3.05) is 5.73 Å². The zero-order chi connectivity index (χ0) is 13.8. The van der Waals surface area contributed by atoms with E-state index in [0.717, 1.165) is 9.37 Å². The highest BCUT2D eigenvalue weighted by molar-refractivity contribution is 9.10. The van der Waals surface area contributed by atoms with Crippen LogP contribution in [0.25, 0.3) is 0 Å². The van der Waals surface area contributed by atoms with Crippen LogP contribution >= 0.6 is 27.7 Å². The predicted octanol–water partition coefficient (Wildman–Crippen LogP) is 2.52. The lowest BCUT2D eigenvalue weighted by molar-refractivity contribution is 0.0953. The zero-order valence-electron chi connectivity index (χ0n) is 9.85. The Morgan fingerprint density at radius 1 is 1.42 bits per heavy atom. The third-order valence-electron chi connectivity index (χ3n) is 2.39. The number of halogens is 1. The number of furan rings is 1. The number of nitrogens with two attached hydrogens (primary N) is 2. The minimum atomic E-state index is -0.372. The Hall–Kier alpha value is -1.44. The fraction of sp³-hybridized carbons (Fsp3) is 0.0833. The minimum absolute atomic E-state index is 0.372. The monoisotopic (exact) mass is 341 g/mol. The Bertz CT molecular complexity index is 600. The molecule has 0 fully saturated rings. The van der Waals surface area contributed by atoms with E-state index >= 15 is 0 Å². The molecule has 0 saturated carbocycles. The molecule has 0 aliphatic heterocycles. The van der Waals surface area contributed by atoms with E-state index in [9.17, 15) is 4.79 Å². The fourth-order valence-electron chi connectivity index (χ4n) is 1.46. The summed E-state index contributed by atoms with van der Waals surface area (Å²) in [5.74, 6) is 5.95. The molecule has 5 N–H and O–H groups in total. The Labute approximate surface area is 122 Å². The van der Waals surface area contributed by atoms with E-state index < -0.39 is 0 Å². The van der Waals surface area contributed by atoms with Crippen molar-refractivity contribution >= 4 is 39.3 Å². The van der Waals surface area contributed by atoms with Gasteiger partial charge in [-0.2, -0.15) is 0 Å². The SMILES string of the molecule is NNC(=O)c1coc(CSc2ccc(Br)cc2N)c1. The number of carbonyl (C=O) groups is 1. The molecular weight excluding hydrogens is 330 g/mol. The third-order valence-corrected chi connectivity index (χ3v) is 3.99. The number of rotatable bonds is 4. The molecule has 1 aromatic carbocycles. The molecule has 2 aromatic rings. The first-order chi connectivity index (χ1) is 9.10. The number of hydrogen-bond acceptors (Lipinski definition) is 5. The highest BCUT2D eigenvalue weighted by Gasteiger charge is 2.09. The van der Waals surface area contributed by atoms with E-state index in [1.807, 2.05) is 18.2 Å². The van der Waals surface area contributed by atoms with Gasteiger partial charge in [-0.05, 0) is 24.3 Å². The highest BCUT2D eigenvalue weighted by Crippen LogP contribution is 2.30. The predicted molar refractivity (Wildman–Crippen MR) is 78.5 cm³/mol. The molecule has 0 atom stereocenters. The van der Waals surface area contributed by atoms with E-state index in [1.54, 1.807) is 6.07 Å². The Balaban J connectivity index is 2.02. The summed E-state index contributed by atoms with van der Waals surface area (Å²) in [5.41, 5.74) is 9.06. The fourth-order valence-corrected chi connectivity index (χ4v) is 2.68. The quantitative estimate of drug-likeness (QED) is 0.261. The van der Waals surface area contributed by atoms with Crippen LogP contribution in [0.4, 0.5) is 5.69 Å². The smallest absolute Gasteiger partial charge is 0.268 e. The maximum absolute atomic E-state index is 11.3. The Kier molecular flexibility index (Phi) is 4.52. The molecule has 0 saturated heterocycles. The van der Waals surface area contributed by atoms with Gasteiger partial charge in [0.1, 0.15) is 12.0 Å². The van der Waals surface area contributed by atoms with E-state index in [2.05, 4.69) is 21.4 Å². The molecular formula is C12H12BrN3O2S. The summed E-state index contributed by atoms with van der Waals surface area (Å²) in [6, 6.07) is 7.36. The van der Waals surface area contributed by atoms with Crippen LogP contribution in [0.3, 0.4) is 0 Å². The van der Waals surface area contributed by atoms with Crippen LogP contribution in [-0.4, -0.2) is 5.91 Å². The lowest BCUT2D eigenvalue weighted by Crippen LogP contribution is -2.29. The number of benzene rings is 1. The van der Waals surface area contributed by atoms with E-state index in [1.165, 1.54) is 18.0 Å². The van der Waals surface area contributed by atoms with Crippen LogP contribution in [0, 0.1) is 0 Å². The summed E-state index contributed by atoms with van der Waals surface area (Å²) in [6.07, 6.45) is 1.38. The van der Waals surface area contributed by atoms with Crippen molar-refractivity contribution in [2.24, 2.45) is 5.84 Å². The molecule has 0 spiro atoms. The van der Waals surface area contributed by atoms with Crippen LogP contribution in [0.5, 0.6) is 0 Å². The first-order valence-electron chi connectivity index (χ1n) is 5.36. The van der Waals surface area contributed by atoms with Gasteiger partial charge in [-0.25, -0.2) is 5.84 Å². The summed E-state index contributed by atoms with van der Waals surface area (Å²) in [5, 5.41) is 0. The van der Waals surface area contributed by atoms with Gasteiger partial charge in [0.05, 0.1) is 11.3 Å². The minimum Gasteiger partial charge on any atom is -0.468 e. The number of hydrazine groups is 1. The van der Waals surface area contributed by atoms with Crippen molar-refractivity contribution in [2.45, 2.75) is 10.6 Å². The van der Waals surface area contributed by atoms with Gasteiger partial charge in [-0.15, -0.1) is 11.8 Å². The number of hydrogen-bond donors (Lipinski definition) is 3. The summed E-state index contributed by atoms with van der Waals surface area (Å²) in [6.45, 7) is 0. The topological polar surface area (TPSA) is 94.3 Å². The number of carbonyl (C=O) groups excluding carboxylic acids is 1. The lowest BCUT2D eigenvalue weighted by Gasteiger charge is -2.04. The van der Waals surface area contributed by atoms with Crippen molar-refractivity contribution in [1.82, 2.24) is 5.43 Å². The average Bonchev–Trinajstić information content (AvgIpc) is 2.85. The summed E-state index contributed by atoms with van der Waals surface area (Å²) in [4.78, 5) is 12.2. The maximum atomic E-state index is 11.3. The molecule has 7 heteroatoms. The van der Waals surface area contributed by atoms with Gasteiger partial charge in [-0.3, -0.25) is 10.2 Å². The highest BCUT2D eigenvalue weighted by atomic mass is 79.9. The van der Waals surface area contributed by atoms with Gasteiger partial charge >= 0.3 is 0 Å². The van der Waals surface area contributed by atoms with Crippen LogP contribution < -0.4 is 17.0 Å². The van der Waals surface area contributed by atoms with E-state index in [4.69, 9.17) is 16.0 Å². The first-order valence-corrected chi connectivity index (χ1v) is 7.14. The summed E-state index contributed by atoms with van der Waals surface area (Å²) in [7, 11) is 0. The standard InChI is InChI=1S/C12H12BrN3O2S/c13-8-1-2-11(10(14)4-8)19-6-9-3-7(5-18-9)12(17)16-15/h1-5H,6,14-15H2,(H,16,17). The lowest BCUT2D eigenvalue weighted by atomic mass is 10.3. The normalized spacial score (nSPS) is 10.4. The van der Waals surface area contributed by atoms with Gasteiger partial charge in [0.25, 0.3) is 5.91 Å². The van der Waals surface area contributed by atoms with Crippen molar-refractivity contribution in [3.63, 3.8) is 0 Å². The average molecular weight is 342 g/mol. The molecule has 2 rings (SSSR count). The largest absolute Gasteiger partial charge is 0.468 e. The molecule has 19 heavy (non-hydrogen) atoms. The Morgan fingerprint density at radius 3 is 2.89 bits per heavy atom. The van der Waals surface area contributed by atoms with Gasteiger partial charge in [0, 0.05) is 15.1 Å². The molecule has 1 heterocycles. The number of anilines is 1. The molecule has 0 aliphatic rings. The van der Waals surface area contributed by atoms with E-state index in [-0.39, 0.29) is 5.91 Å². The second-order valence-corrected chi connectivity index (χ2v) is 5.68. The van der Waals surface area contributed by atoms with Crippen molar-refractivity contribution in [3.8, 4) is 0 Å². The molecule has 100 valence electrons. The zero-order valence-corrected chi connectivity index (χ0v) is 12.3. The maximum Gasteiger partial charge on any atom is 0.268 e. The van der Waals surface area contributed by atoms with E-state index in [0.29, 0.717) is 22.8 Å². The molecule has 0 aliphatic carbocycles. The summed E-state index contributed by atoms with van der Waals surface area (Å²) < 4.78 is 6.22. The number of amides is 1. The molecule has 1 aromatic heterocycles. The van der Waals surface area contributed by atoms with Crippen molar-refractivity contribution < 1.29 is 9.21 Å². The first kappa shape index (κ1) is 14.0. The number of nitrogens with one attached hydrogen (secondary N) is 1. The Morgan fingerprint density at radius 2 is 2.21 bits per heavy atom. The van der Waals surface area contributed by atoms with Gasteiger partial charge in [0.2, 0.25) is 0 Å². The molecule has 0 radical (unpaired) electrons. The van der Waals surface area contributed by atoms with Crippen LogP contribution in [0.2, 0.25) is 0 Å². The molecule has 0 unspecified atom stereocenters. The summed E-state index contributed by atoms with van der Waals surface area (Å²) >= 11 is 4.89. The number of thioether (sulfide) groups is 1. The molecule has 1 amide bonds. The van der Waals surface area contributed by atoms with Crippen LogP contribution in [0.15, 0.2) is 44.3 Å². The second-order valence-electron chi connectivity index (χ2n) is 3.75. The number of nitrogen functional groups attached to an aromatic ring is 2. The van der Waals surface area contributed by atoms with Crippen LogP contribution in [-0.2, 0) is 5.75 Å². The van der Waals surface area contributed by atoms with Gasteiger partial charge in [0.15, 0.2) is 0 Å². The molecule has 0 bridgehead atoms. The van der Waals surface area contributed by atoms with Crippen molar-refractivity contribution in [1.29, 1.82) is 0 Å². The van der Waals surface area contributed by atoms with Gasteiger partial charge in [-0.1, -0.05) is 15.9 Å². The molecule has 5 nitrogen and oxygen atoms in total. The third kappa shape index (κ3) is 3.52. The van der Waals surface area contributed by atoms with Crippen LogP contribution in [0.1, 0.15) is 16.1 Å². The second kappa shape index (κ2) is 6.14.